The van der Waals surface area contributed by atoms with Crippen LogP contribution in [0.25, 0.3) is 0 Å². The molecule has 0 radical (unpaired) electrons. The fourth-order valence-corrected chi connectivity index (χ4v) is 3.87. The van der Waals surface area contributed by atoms with Gasteiger partial charge in [0.25, 0.3) is 0 Å². The van der Waals surface area contributed by atoms with Crippen LogP contribution >= 0.6 is 9.24 Å². The highest BCUT2D eigenvalue weighted by molar-refractivity contribution is 7.27. The van der Waals surface area contributed by atoms with E-state index in [0.717, 1.165) is 33.4 Å². The fraction of sp³-hybridized carbons (Fsp3) is 0.231. The van der Waals surface area contributed by atoms with Gasteiger partial charge in [0.05, 0.1) is 11.1 Å². The van der Waals surface area contributed by atoms with Crippen LogP contribution < -0.4 is 5.30 Å². The Balaban J connectivity index is 0.000000386. The van der Waals surface area contributed by atoms with E-state index in [0.29, 0.717) is 11.1 Å². The van der Waals surface area contributed by atoms with Crippen molar-refractivity contribution in [3.63, 3.8) is 0 Å². The van der Waals surface area contributed by atoms with Crippen molar-refractivity contribution in [1.29, 1.82) is 0 Å². The second-order valence-corrected chi connectivity index (χ2v) is 8.30. The van der Waals surface area contributed by atoms with E-state index in [2.05, 4.69) is 9.24 Å². The van der Waals surface area contributed by atoms with Gasteiger partial charge < -0.3 is 4.74 Å². The molecule has 0 aliphatic rings. The Hall–Kier alpha value is -2.77. The molecule has 30 heavy (non-hydrogen) atoms. The molecule has 3 aromatic carbocycles. The first-order valence-electron chi connectivity index (χ1n) is 9.83. The second kappa shape index (κ2) is 10.3. The predicted octanol–water partition coefficient (Wildman–Crippen LogP) is 5.72. The number of esters is 2. The lowest BCUT2D eigenvalue weighted by molar-refractivity contribution is 0.0396. The van der Waals surface area contributed by atoms with Gasteiger partial charge in [-0.2, -0.15) is 0 Å². The summed E-state index contributed by atoms with van der Waals surface area (Å²) in [4.78, 5) is 24.9. The van der Waals surface area contributed by atoms with Crippen LogP contribution in [0.5, 0.6) is 0 Å². The molecule has 0 aromatic heterocycles. The summed E-state index contributed by atoms with van der Waals surface area (Å²) >= 11 is 0. The fourth-order valence-electron chi connectivity index (χ4n) is 3.64. The maximum atomic E-state index is 12.4. The van der Waals surface area contributed by atoms with Gasteiger partial charge >= 0.3 is 11.9 Å². The lowest BCUT2D eigenvalue weighted by atomic mass is 9.99. The molecule has 0 fully saturated rings. The van der Waals surface area contributed by atoms with Crippen LogP contribution in [0, 0.1) is 41.5 Å². The van der Waals surface area contributed by atoms with Crippen LogP contribution in [-0.2, 0) is 4.74 Å². The number of carbonyl (C=O) groups excluding carboxylic acids is 2. The molecule has 4 heteroatoms. The van der Waals surface area contributed by atoms with Crippen LogP contribution in [-0.4, -0.2) is 11.9 Å². The maximum Gasteiger partial charge on any atom is 0.346 e. The van der Waals surface area contributed by atoms with E-state index in [4.69, 9.17) is 4.74 Å². The number of rotatable bonds is 2. The molecular weight excluding hydrogens is 391 g/mol. The average molecular weight is 420 g/mol. The Bertz CT molecular complexity index is 955. The summed E-state index contributed by atoms with van der Waals surface area (Å²) in [5.41, 5.74) is 6.35. The molecule has 0 amide bonds. The summed E-state index contributed by atoms with van der Waals surface area (Å²) in [6, 6.07) is 17.8. The molecule has 0 spiro atoms. The van der Waals surface area contributed by atoms with E-state index in [1.807, 2.05) is 96.1 Å². The van der Waals surface area contributed by atoms with Crippen molar-refractivity contribution < 1.29 is 14.3 Å². The Kier molecular flexibility index (Phi) is 8.08. The topological polar surface area (TPSA) is 43.4 Å². The van der Waals surface area contributed by atoms with Gasteiger partial charge in [-0.3, -0.25) is 0 Å². The van der Waals surface area contributed by atoms with Crippen molar-refractivity contribution in [3.8, 4) is 0 Å². The molecule has 0 heterocycles. The van der Waals surface area contributed by atoms with Crippen molar-refractivity contribution in [3.05, 3.63) is 99.1 Å². The standard InChI is InChI=1S/C20H22O3.C6H7P/c1-11-7-13(3)17(14(4)8-11)19(21)23-20(22)18-15(5)9-12(2)10-16(18)6;7-6-4-2-1-3-5-6/h7-10H,1-6H3;1-5H,7H2. The van der Waals surface area contributed by atoms with Crippen molar-refractivity contribution in [2.45, 2.75) is 41.5 Å². The van der Waals surface area contributed by atoms with Crippen LogP contribution in [0.4, 0.5) is 0 Å². The molecule has 0 aliphatic carbocycles. The van der Waals surface area contributed by atoms with Gasteiger partial charge in [-0.15, -0.1) is 9.24 Å². The number of ether oxygens (including phenoxy) is 1. The number of carbonyl (C=O) groups is 2. The number of hydrogen-bond donors (Lipinski definition) is 0. The smallest absolute Gasteiger partial charge is 0.346 e. The lowest BCUT2D eigenvalue weighted by Crippen LogP contribution is -2.17. The Morgan fingerprint density at radius 1 is 0.633 bits per heavy atom. The number of aryl methyl sites for hydroxylation is 6. The Morgan fingerprint density at radius 2 is 0.967 bits per heavy atom. The molecule has 3 nitrogen and oxygen atoms in total. The third-order valence-corrected chi connectivity index (χ3v) is 5.13. The SMILES string of the molecule is Cc1cc(C)c(C(=O)OC(=O)c2c(C)cc(C)cc2C)c(C)c1.Pc1ccccc1. The maximum absolute atomic E-state index is 12.4. The van der Waals surface area contributed by atoms with E-state index < -0.39 is 11.9 Å². The largest absolute Gasteiger partial charge is 0.386 e. The summed E-state index contributed by atoms with van der Waals surface area (Å²) in [5.74, 6) is -1.19. The van der Waals surface area contributed by atoms with Gasteiger partial charge in [0.15, 0.2) is 0 Å². The normalized spacial score (nSPS) is 10.1. The van der Waals surface area contributed by atoms with E-state index >= 15 is 0 Å². The molecule has 3 rings (SSSR count). The Morgan fingerprint density at radius 3 is 1.23 bits per heavy atom. The zero-order chi connectivity index (χ0) is 22.4. The van der Waals surface area contributed by atoms with Crippen LogP contribution in [0.1, 0.15) is 54.1 Å². The van der Waals surface area contributed by atoms with Crippen LogP contribution in [0.3, 0.4) is 0 Å². The molecule has 0 bridgehead atoms. The molecule has 156 valence electrons. The van der Waals surface area contributed by atoms with E-state index in [1.54, 1.807) is 0 Å². The number of benzene rings is 3. The second-order valence-electron chi connectivity index (χ2n) is 7.64. The molecular formula is C26H29O3P. The van der Waals surface area contributed by atoms with Crippen LogP contribution in [0.2, 0.25) is 0 Å². The monoisotopic (exact) mass is 420 g/mol. The molecule has 1 atom stereocenters. The first-order valence-corrected chi connectivity index (χ1v) is 10.4. The van der Waals surface area contributed by atoms with Crippen molar-refractivity contribution in [2.24, 2.45) is 0 Å². The van der Waals surface area contributed by atoms with Gasteiger partial charge in [0.1, 0.15) is 0 Å². The van der Waals surface area contributed by atoms with E-state index in [9.17, 15) is 9.59 Å². The minimum atomic E-state index is -0.593. The molecule has 0 N–H and O–H groups in total. The summed E-state index contributed by atoms with van der Waals surface area (Å²) in [6.45, 7) is 11.3. The first kappa shape index (κ1) is 23.5. The van der Waals surface area contributed by atoms with Gasteiger partial charge in [-0.1, -0.05) is 65.7 Å². The highest BCUT2D eigenvalue weighted by Crippen LogP contribution is 2.21. The third-order valence-electron chi connectivity index (χ3n) is 4.75. The molecule has 3 aromatic rings. The van der Waals surface area contributed by atoms with E-state index in [1.165, 1.54) is 5.30 Å². The minimum absolute atomic E-state index is 0.464. The summed E-state index contributed by atoms with van der Waals surface area (Å²) in [5, 5.41) is 1.24. The van der Waals surface area contributed by atoms with Crippen molar-refractivity contribution in [2.75, 3.05) is 0 Å². The Labute approximate surface area is 181 Å². The molecule has 0 aliphatic heterocycles. The zero-order valence-corrected chi connectivity index (χ0v) is 19.7. The molecule has 1 unspecified atom stereocenters. The van der Waals surface area contributed by atoms with Gasteiger partial charge in [0, 0.05) is 0 Å². The number of hydrogen-bond acceptors (Lipinski definition) is 3. The molecule has 0 saturated carbocycles. The zero-order valence-electron chi connectivity index (χ0n) is 18.5. The summed E-state index contributed by atoms with van der Waals surface area (Å²) < 4.78 is 5.15. The van der Waals surface area contributed by atoms with Gasteiger partial charge in [-0.25, -0.2) is 9.59 Å². The highest BCUT2D eigenvalue weighted by Gasteiger charge is 2.21. The predicted molar refractivity (Wildman–Crippen MR) is 127 cm³/mol. The summed E-state index contributed by atoms with van der Waals surface area (Å²) in [7, 11) is 2.63. The molecule has 0 saturated heterocycles. The average Bonchev–Trinajstić information content (AvgIpc) is 2.61. The highest BCUT2D eigenvalue weighted by atomic mass is 31.0. The van der Waals surface area contributed by atoms with E-state index in [-0.39, 0.29) is 0 Å². The van der Waals surface area contributed by atoms with Crippen molar-refractivity contribution >= 4 is 26.5 Å². The van der Waals surface area contributed by atoms with Gasteiger partial charge in [0.2, 0.25) is 0 Å². The van der Waals surface area contributed by atoms with Crippen LogP contribution in [0.15, 0.2) is 54.6 Å². The minimum Gasteiger partial charge on any atom is -0.386 e. The lowest BCUT2D eigenvalue weighted by Gasteiger charge is -2.12. The first-order chi connectivity index (χ1) is 14.1. The van der Waals surface area contributed by atoms with Crippen molar-refractivity contribution in [1.82, 2.24) is 0 Å². The third kappa shape index (κ3) is 6.11. The summed E-state index contributed by atoms with van der Waals surface area (Å²) in [6.07, 6.45) is 0. The quantitative estimate of drug-likeness (QED) is 0.302. The van der Waals surface area contributed by atoms with Gasteiger partial charge in [-0.05, 0) is 69.1 Å².